The maximum atomic E-state index is 12.2. The molecule has 0 saturated heterocycles. The minimum absolute atomic E-state index is 0.0403. The first-order valence-electron chi connectivity index (χ1n) is 9.31. The van der Waals surface area contributed by atoms with Crippen molar-refractivity contribution in [1.82, 2.24) is 4.98 Å². The van der Waals surface area contributed by atoms with Gasteiger partial charge in [0.25, 0.3) is 0 Å². The van der Waals surface area contributed by atoms with Gasteiger partial charge in [0.2, 0.25) is 11.8 Å². The summed E-state index contributed by atoms with van der Waals surface area (Å²) in [6.07, 6.45) is 2.01. The summed E-state index contributed by atoms with van der Waals surface area (Å²) in [6, 6.07) is 16.1. The van der Waals surface area contributed by atoms with Crippen LogP contribution in [0, 0.1) is 0 Å². The number of fused-ring (bicyclic) bond motifs is 1. The normalized spacial score (nSPS) is 12.7. The summed E-state index contributed by atoms with van der Waals surface area (Å²) in [6.45, 7) is 2.32. The first kappa shape index (κ1) is 18.4. The molecule has 142 valence electrons. The number of thiazole rings is 1. The van der Waals surface area contributed by atoms with E-state index in [1.165, 1.54) is 16.9 Å². The van der Waals surface area contributed by atoms with Crippen molar-refractivity contribution in [2.45, 2.75) is 26.2 Å². The van der Waals surface area contributed by atoms with Crippen LogP contribution in [0.5, 0.6) is 0 Å². The number of anilines is 2. The molecule has 28 heavy (non-hydrogen) atoms. The van der Waals surface area contributed by atoms with Gasteiger partial charge in [-0.25, -0.2) is 4.98 Å². The molecule has 6 heteroatoms. The van der Waals surface area contributed by atoms with Crippen molar-refractivity contribution in [3.8, 4) is 11.3 Å². The van der Waals surface area contributed by atoms with E-state index in [1.807, 2.05) is 47.8 Å². The van der Waals surface area contributed by atoms with Crippen LogP contribution in [0.25, 0.3) is 11.3 Å². The zero-order valence-corrected chi connectivity index (χ0v) is 16.5. The Morgan fingerprint density at radius 3 is 2.79 bits per heavy atom. The summed E-state index contributed by atoms with van der Waals surface area (Å²) < 4.78 is 0. The average Bonchev–Trinajstić information content (AvgIpc) is 3.33. The molecule has 0 spiro atoms. The lowest BCUT2D eigenvalue weighted by Gasteiger charge is -2.15. The molecule has 2 amide bonds. The number of amides is 2. The minimum atomic E-state index is -0.0403. The maximum Gasteiger partial charge on any atom is 0.226 e. The highest BCUT2D eigenvalue weighted by molar-refractivity contribution is 7.14. The van der Waals surface area contributed by atoms with Gasteiger partial charge in [-0.15, -0.1) is 11.3 Å². The Balaban J connectivity index is 1.43. The molecule has 2 aromatic carbocycles. The van der Waals surface area contributed by atoms with Crippen LogP contribution in [0.1, 0.15) is 24.5 Å². The fourth-order valence-corrected chi connectivity index (χ4v) is 4.15. The van der Waals surface area contributed by atoms with Crippen molar-refractivity contribution < 1.29 is 9.59 Å². The molecule has 0 aliphatic carbocycles. The zero-order valence-electron chi connectivity index (χ0n) is 15.6. The number of aromatic nitrogens is 1. The van der Waals surface area contributed by atoms with E-state index in [1.54, 1.807) is 11.8 Å². The smallest absolute Gasteiger partial charge is 0.226 e. The lowest BCUT2D eigenvalue weighted by Crippen LogP contribution is -2.25. The summed E-state index contributed by atoms with van der Waals surface area (Å²) in [7, 11) is 0. The molecule has 0 radical (unpaired) electrons. The van der Waals surface area contributed by atoms with Crippen molar-refractivity contribution in [1.29, 1.82) is 0 Å². The highest BCUT2D eigenvalue weighted by Gasteiger charge is 2.22. The predicted octanol–water partition coefficient (Wildman–Crippen LogP) is 4.29. The van der Waals surface area contributed by atoms with Gasteiger partial charge in [0.15, 0.2) is 5.13 Å². The van der Waals surface area contributed by atoms with Gasteiger partial charge >= 0.3 is 0 Å². The molecule has 0 fully saturated rings. The Morgan fingerprint density at radius 2 is 2.00 bits per heavy atom. The van der Waals surface area contributed by atoms with Gasteiger partial charge in [0.1, 0.15) is 0 Å². The standard InChI is InChI=1S/C22H21N3O2S/c1-15(26)25-12-11-17-8-9-18(13-20(17)25)19-14-28-22(23-19)24-21(27)10-7-16-5-3-2-4-6-16/h2-6,8-9,13-14H,7,10-12H2,1H3,(H,23,24,27). The van der Waals surface area contributed by atoms with Crippen LogP contribution < -0.4 is 10.2 Å². The molecule has 1 N–H and O–H groups in total. The Hall–Kier alpha value is -2.99. The molecule has 5 nitrogen and oxygen atoms in total. The highest BCUT2D eigenvalue weighted by Crippen LogP contribution is 2.34. The van der Waals surface area contributed by atoms with Crippen LogP contribution in [-0.2, 0) is 22.4 Å². The largest absolute Gasteiger partial charge is 0.312 e. The zero-order chi connectivity index (χ0) is 19.5. The molecule has 1 aliphatic heterocycles. The molecular formula is C22H21N3O2S. The van der Waals surface area contributed by atoms with Crippen LogP contribution in [0.2, 0.25) is 0 Å². The number of rotatable bonds is 5. The Labute approximate surface area is 168 Å². The van der Waals surface area contributed by atoms with E-state index in [9.17, 15) is 9.59 Å². The number of nitrogens with one attached hydrogen (secondary N) is 1. The van der Waals surface area contributed by atoms with Crippen LogP contribution in [0.15, 0.2) is 53.9 Å². The van der Waals surface area contributed by atoms with Gasteiger partial charge in [-0.05, 0) is 30.0 Å². The number of hydrogen-bond acceptors (Lipinski definition) is 4. The molecule has 1 aliphatic rings. The third kappa shape index (κ3) is 3.97. The maximum absolute atomic E-state index is 12.2. The quantitative estimate of drug-likeness (QED) is 0.706. The highest BCUT2D eigenvalue weighted by atomic mass is 32.1. The van der Waals surface area contributed by atoms with Crippen LogP contribution in [0.3, 0.4) is 0 Å². The number of nitrogens with zero attached hydrogens (tertiary/aromatic N) is 2. The SMILES string of the molecule is CC(=O)N1CCc2ccc(-c3csc(NC(=O)CCc4ccccc4)n3)cc21. The molecule has 0 unspecified atom stereocenters. The van der Waals surface area contributed by atoms with E-state index in [2.05, 4.69) is 16.4 Å². The summed E-state index contributed by atoms with van der Waals surface area (Å²) in [5.74, 6) is 0.0157. The first-order valence-corrected chi connectivity index (χ1v) is 10.2. The molecule has 0 atom stereocenters. The van der Waals surface area contributed by atoms with Gasteiger partial charge in [-0.3, -0.25) is 9.59 Å². The molecule has 4 rings (SSSR count). The topological polar surface area (TPSA) is 62.3 Å². The van der Waals surface area contributed by atoms with Gasteiger partial charge < -0.3 is 10.2 Å². The van der Waals surface area contributed by atoms with Crippen LogP contribution >= 0.6 is 11.3 Å². The molecule has 0 bridgehead atoms. The van der Waals surface area contributed by atoms with Crippen molar-refractivity contribution in [3.63, 3.8) is 0 Å². The van der Waals surface area contributed by atoms with Gasteiger partial charge in [0.05, 0.1) is 5.69 Å². The van der Waals surface area contributed by atoms with E-state index in [4.69, 9.17) is 0 Å². The Morgan fingerprint density at radius 1 is 1.18 bits per heavy atom. The number of carbonyl (C=O) groups is 2. The van der Waals surface area contributed by atoms with E-state index in [0.29, 0.717) is 18.0 Å². The summed E-state index contributed by atoms with van der Waals surface area (Å²) in [5, 5.41) is 5.41. The molecule has 0 saturated carbocycles. The average molecular weight is 391 g/mol. The summed E-state index contributed by atoms with van der Waals surface area (Å²) >= 11 is 1.41. The fourth-order valence-electron chi connectivity index (χ4n) is 3.41. The van der Waals surface area contributed by atoms with Crippen LogP contribution in [0.4, 0.5) is 10.8 Å². The van der Waals surface area contributed by atoms with Crippen LogP contribution in [-0.4, -0.2) is 23.3 Å². The summed E-state index contributed by atoms with van der Waals surface area (Å²) in [5.41, 5.74) is 5.05. The molecule has 2 heterocycles. The van der Waals surface area contributed by atoms with Gasteiger partial charge in [0, 0.05) is 36.5 Å². The van der Waals surface area contributed by atoms with Crippen molar-refractivity contribution in [3.05, 3.63) is 65.0 Å². The number of benzene rings is 2. The van der Waals surface area contributed by atoms with E-state index in [0.717, 1.165) is 35.5 Å². The molecule has 1 aromatic heterocycles. The number of hydrogen-bond donors (Lipinski definition) is 1. The number of carbonyl (C=O) groups excluding carboxylic acids is 2. The van der Waals surface area contributed by atoms with Crippen molar-refractivity contribution in [2.75, 3.05) is 16.8 Å². The lowest BCUT2D eigenvalue weighted by molar-refractivity contribution is -0.117. The van der Waals surface area contributed by atoms with Crippen molar-refractivity contribution >= 4 is 34.0 Å². The lowest BCUT2D eigenvalue weighted by atomic mass is 10.1. The molecule has 3 aromatic rings. The van der Waals surface area contributed by atoms with Crippen molar-refractivity contribution in [2.24, 2.45) is 0 Å². The number of aryl methyl sites for hydroxylation is 1. The second kappa shape index (κ2) is 7.94. The Kier molecular flexibility index (Phi) is 5.21. The second-order valence-corrected chi connectivity index (χ2v) is 7.69. The third-order valence-corrected chi connectivity index (χ3v) is 5.65. The Bertz CT molecular complexity index is 1010. The van der Waals surface area contributed by atoms with E-state index >= 15 is 0 Å². The van der Waals surface area contributed by atoms with Gasteiger partial charge in [-0.2, -0.15) is 0 Å². The van der Waals surface area contributed by atoms with E-state index in [-0.39, 0.29) is 11.8 Å². The fraction of sp³-hybridized carbons (Fsp3) is 0.227. The monoisotopic (exact) mass is 391 g/mol. The summed E-state index contributed by atoms with van der Waals surface area (Å²) in [4.78, 5) is 30.4. The second-order valence-electron chi connectivity index (χ2n) is 6.84. The van der Waals surface area contributed by atoms with E-state index < -0.39 is 0 Å². The predicted molar refractivity (Wildman–Crippen MR) is 113 cm³/mol. The third-order valence-electron chi connectivity index (χ3n) is 4.89. The molecular weight excluding hydrogens is 370 g/mol. The van der Waals surface area contributed by atoms with Gasteiger partial charge in [-0.1, -0.05) is 42.5 Å². The minimum Gasteiger partial charge on any atom is -0.312 e. The first-order chi connectivity index (χ1) is 13.6.